The van der Waals surface area contributed by atoms with Gasteiger partial charge in [0.25, 0.3) is 0 Å². The van der Waals surface area contributed by atoms with Crippen molar-refractivity contribution in [3.63, 3.8) is 0 Å². The maximum absolute atomic E-state index is 13.3. The summed E-state index contributed by atoms with van der Waals surface area (Å²) in [7, 11) is 0. The van der Waals surface area contributed by atoms with E-state index in [0.717, 1.165) is 29.7 Å². The molecule has 1 aliphatic rings. The van der Waals surface area contributed by atoms with Crippen LogP contribution in [0.1, 0.15) is 61.9 Å². The van der Waals surface area contributed by atoms with Gasteiger partial charge in [0.05, 0.1) is 34.4 Å². The lowest BCUT2D eigenvalue weighted by Crippen LogP contribution is -2.52. The van der Waals surface area contributed by atoms with Gasteiger partial charge in [0, 0.05) is 43.6 Å². The van der Waals surface area contributed by atoms with Crippen LogP contribution in [-0.2, 0) is 24.3 Å². The van der Waals surface area contributed by atoms with Crippen LogP contribution in [0.5, 0.6) is 0 Å². The monoisotopic (exact) mass is 610 g/mol. The third-order valence-electron chi connectivity index (χ3n) is 7.51. The van der Waals surface area contributed by atoms with E-state index in [0.29, 0.717) is 46.4 Å². The first-order chi connectivity index (χ1) is 19.7. The fourth-order valence-corrected chi connectivity index (χ4v) is 5.72. The van der Waals surface area contributed by atoms with E-state index in [1.807, 2.05) is 28.8 Å². The first-order valence-corrected chi connectivity index (χ1v) is 15.2. The number of amides is 1. The number of thiocarbonyl (C=S) groups is 1. The van der Waals surface area contributed by atoms with E-state index >= 15 is 0 Å². The maximum atomic E-state index is 13.3. The van der Waals surface area contributed by atoms with Crippen LogP contribution >= 0.6 is 35.4 Å². The number of hydrogen-bond acceptors (Lipinski definition) is 4. The first kappa shape index (κ1) is 30.8. The number of carbonyl (C=O) groups is 1. The number of nitrogens with one attached hydrogen (secondary N) is 2. The zero-order valence-electron chi connectivity index (χ0n) is 23.4. The minimum atomic E-state index is -0.154. The van der Waals surface area contributed by atoms with Crippen LogP contribution in [0.3, 0.4) is 0 Å². The highest BCUT2D eigenvalue weighted by atomic mass is 35.5. The molecule has 41 heavy (non-hydrogen) atoms. The SMILES string of the molecule is CC(C)[C@@H](CN(Cc1cccc(Cl)c1Cl)C(=S)NC1CCCC1)NC(=O)Cc1cncn1Cc1ccc(C#N)cc1. The van der Waals surface area contributed by atoms with Crippen LogP contribution in [0.15, 0.2) is 55.0 Å². The number of aromatic nitrogens is 2. The molecule has 0 bridgehead atoms. The summed E-state index contributed by atoms with van der Waals surface area (Å²) >= 11 is 18.7. The average molecular weight is 612 g/mol. The smallest absolute Gasteiger partial charge is 0.226 e. The number of nitriles is 1. The molecule has 216 valence electrons. The number of carbonyl (C=O) groups excluding carboxylic acids is 1. The molecule has 7 nitrogen and oxygen atoms in total. The molecule has 1 atom stereocenters. The third kappa shape index (κ3) is 8.68. The number of hydrogen-bond donors (Lipinski definition) is 2. The Balaban J connectivity index is 1.45. The summed E-state index contributed by atoms with van der Waals surface area (Å²) in [5, 5.41) is 17.5. The van der Waals surface area contributed by atoms with Crippen molar-refractivity contribution in [2.24, 2.45) is 5.92 Å². The molecule has 2 aromatic carbocycles. The summed E-state index contributed by atoms with van der Waals surface area (Å²) in [6, 6.07) is 15.4. The Morgan fingerprint density at radius 2 is 1.93 bits per heavy atom. The van der Waals surface area contributed by atoms with Crippen LogP contribution in [0.4, 0.5) is 0 Å². The zero-order chi connectivity index (χ0) is 29.4. The van der Waals surface area contributed by atoms with Gasteiger partial charge in [0.1, 0.15) is 0 Å². The van der Waals surface area contributed by atoms with Crippen molar-refractivity contribution >= 4 is 46.4 Å². The summed E-state index contributed by atoms with van der Waals surface area (Å²) in [5.74, 6) is 0.0785. The van der Waals surface area contributed by atoms with E-state index in [-0.39, 0.29) is 24.3 Å². The molecule has 0 spiro atoms. The Kier molecular flexibility index (Phi) is 11.0. The van der Waals surface area contributed by atoms with Gasteiger partial charge in [-0.25, -0.2) is 4.98 Å². The maximum Gasteiger partial charge on any atom is 0.226 e. The third-order valence-corrected chi connectivity index (χ3v) is 8.74. The molecule has 0 saturated heterocycles. The van der Waals surface area contributed by atoms with Gasteiger partial charge < -0.3 is 20.1 Å². The zero-order valence-corrected chi connectivity index (χ0v) is 25.8. The molecule has 2 N–H and O–H groups in total. The number of benzene rings is 2. The Bertz CT molecular complexity index is 1380. The van der Waals surface area contributed by atoms with Gasteiger partial charge in [0.2, 0.25) is 5.91 Å². The Morgan fingerprint density at radius 3 is 2.61 bits per heavy atom. The average Bonchev–Trinajstić information content (AvgIpc) is 3.62. The summed E-state index contributed by atoms with van der Waals surface area (Å²) in [6.07, 6.45) is 8.26. The fourth-order valence-electron chi connectivity index (χ4n) is 5.03. The standard InChI is InChI=1S/C31H36Cl2N6OS/c1-21(2)28(37-29(40)14-26-16-35-20-39(26)17-23-12-10-22(15-34)11-13-23)19-38(31(41)36-25-7-3-4-8-25)18-24-6-5-9-27(32)30(24)33/h5-6,9-13,16,20-21,25,28H,3-4,7-8,14,17-19H2,1-2H3,(H,36,41)(H,37,40)/t28-/m1/s1. The van der Waals surface area contributed by atoms with Crippen molar-refractivity contribution in [3.05, 3.63) is 87.4 Å². The van der Waals surface area contributed by atoms with Crippen LogP contribution < -0.4 is 10.6 Å². The first-order valence-electron chi connectivity index (χ1n) is 14.0. The van der Waals surface area contributed by atoms with Crippen molar-refractivity contribution in [1.82, 2.24) is 25.1 Å². The molecule has 0 unspecified atom stereocenters. The molecule has 0 radical (unpaired) electrons. The fraction of sp³-hybridized carbons (Fsp3) is 0.419. The van der Waals surface area contributed by atoms with E-state index in [2.05, 4.69) is 40.4 Å². The topological polar surface area (TPSA) is 86.0 Å². The molecule has 3 aromatic rings. The van der Waals surface area contributed by atoms with Gasteiger partial charge in [-0.1, -0.05) is 74.2 Å². The van der Waals surface area contributed by atoms with Gasteiger partial charge in [-0.05, 0) is 60.3 Å². The summed E-state index contributed by atoms with van der Waals surface area (Å²) in [4.78, 5) is 19.7. The normalized spacial score (nSPS) is 14.0. The van der Waals surface area contributed by atoms with Gasteiger partial charge in [-0.3, -0.25) is 4.79 Å². The Hall–Kier alpha value is -3.12. The minimum Gasteiger partial charge on any atom is -0.360 e. The van der Waals surface area contributed by atoms with Crippen molar-refractivity contribution in [3.8, 4) is 6.07 Å². The van der Waals surface area contributed by atoms with E-state index < -0.39 is 0 Å². The predicted molar refractivity (Wildman–Crippen MR) is 168 cm³/mol. The second-order valence-electron chi connectivity index (χ2n) is 10.9. The quantitative estimate of drug-likeness (QED) is 0.255. The van der Waals surface area contributed by atoms with Crippen molar-refractivity contribution in [2.75, 3.05) is 6.54 Å². The lowest BCUT2D eigenvalue weighted by Gasteiger charge is -2.33. The van der Waals surface area contributed by atoms with Crippen molar-refractivity contribution in [2.45, 2.75) is 71.1 Å². The molecule has 10 heteroatoms. The molecule has 1 heterocycles. The number of rotatable bonds is 11. The van der Waals surface area contributed by atoms with Crippen molar-refractivity contribution in [1.29, 1.82) is 5.26 Å². The molecule has 1 amide bonds. The van der Waals surface area contributed by atoms with Crippen LogP contribution in [0.2, 0.25) is 10.0 Å². The molecule has 0 aliphatic heterocycles. The van der Waals surface area contributed by atoms with E-state index in [9.17, 15) is 4.79 Å². The lowest BCUT2D eigenvalue weighted by molar-refractivity contribution is -0.121. The summed E-state index contributed by atoms with van der Waals surface area (Å²) < 4.78 is 1.96. The molecular formula is C31H36Cl2N6OS. The molecule has 1 saturated carbocycles. The molecule has 4 rings (SSSR count). The highest BCUT2D eigenvalue weighted by Crippen LogP contribution is 2.27. The van der Waals surface area contributed by atoms with Crippen LogP contribution in [0.25, 0.3) is 0 Å². The number of nitrogens with zero attached hydrogens (tertiary/aromatic N) is 4. The number of halogens is 2. The number of imidazole rings is 1. The van der Waals surface area contributed by atoms with Gasteiger partial charge >= 0.3 is 0 Å². The summed E-state index contributed by atoms with van der Waals surface area (Å²) in [6.45, 7) is 5.76. The molecule has 1 aromatic heterocycles. The van der Waals surface area contributed by atoms with Crippen LogP contribution in [-0.4, -0.2) is 44.1 Å². The molecule has 1 fully saturated rings. The lowest BCUT2D eigenvalue weighted by atomic mass is 10.0. The van der Waals surface area contributed by atoms with Crippen LogP contribution in [0, 0.1) is 17.2 Å². The Labute approximate surface area is 257 Å². The van der Waals surface area contributed by atoms with E-state index in [1.54, 1.807) is 30.7 Å². The highest BCUT2D eigenvalue weighted by molar-refractivity contribution is 7.80. The van der Waals surface area contributed by atoms with Gasteiger partial charge in [0.15, 0.2) is 5.11 Å². The van der Waals surface area contributed by atoms with E-state index in [4.69, 9.17) is 40.7 Å². The van der Waals surface area contributed by atoms with Gasteiger partial charge in [-0.15, -0.1) is 0 Å². The highest BCUT2D eigenvalue weighted by Gasteiger charge is 2.25. The largest absolute Gasteiger partial charge is 0.360 e. The minimum absolute atomic E-state index is 0.0827. The molecular weight excluding hydrogens is 575 g/mol. The predicted octanol–water partition coefficient (Wildman–Crippen LogP) is 6.11. The molecule has 1 aliphatic carbocycles. The second kappa shape index (κ2) is 14.7. The summed E-state index contributed by atoms with van der Waals surface area (Å²) in [5.41, 5.74) is 3.34. The van der Waals surface area contributed by atoms with Crippen molar-refractivity contribution < 1.29 is 4.79 Å². The Morgan fingerprint density at radius 1 is 1.20 bits per heavy atom. The second-order valence-corrected chi connectivity index (χ2v) is 12.1. The van der Waals surface area contributed by atoms with Gasteiger partial charge in [-0.2, -0.15) is 5.26 Å². The van der Waals surface area contributed by atoms with E-state index in [1.165, 1.54) is 12.8 Å².